The van der Waals surface area contributed by atoms with E-state index < -0.39 is 22.6 Å². The molecule has 120 valence electrons. The fourth-order valence-corrected chi connectivity index (χ4v) is 2.49. The Bertz CT molecular complexity index is 804. The summed E-state index contributed by atoms with van der Waals surface area (Å²) in [6, 6.07) is 14.2. The third kappa shape index (κ3) is 4.82. The molecule has 0 atom stereocenters. The predicted molar refractivity (Wildman–Crippen MR) is 81.3 cm³/mol. The van der Waals surface area contributed by atoms with Crippen LogP contribution in [0.15, 0.2) is 64.6 Å². The average molecular weight is 333 g/mol. The molecule has 0 aromatic heterocycles. The van der Waals surface area contributed by atoms with Crippen LogP contribution in [0.2, 0.25) is 0 Å². The topological polar surface area (TPSA) is 108 Å². The zero-order valence-electron chi connectivity index (χ0n) is 11.9. The van der Waals surface area contributed by atoms with Gasteiger partial charge in [-0.15, -0.1) is 0 Å². The standard InChI is InChI=1S/C15H14N2O5S/c18-15(19)11-22-14-9-5-4-6-12(14)10-16-17-23(20,21)13-7-2-1-3-8-13/h1-10,17H,11H2,(H,18,19)/p-1/b16-10-. The van der Waals surface area contributed by atoms with E-state index in [0.29, 0.717) is 5.56 Å². The van der Waals surface area contributed by atoms with E-state index >= 15 is 0 Å². The van der Waals surface area contributed by atoms with Gasteiger partial charge in [-0.2, -0.15) is 13.5 Å². The van der Waals surface area contributed by atoms with Gasteiger partial charge in [0.1, 0.15) is 12.4 Å². The van der Waals surface area contributed by atoms with Crippen LogP contribution < -0.4 is 14.7 Å². The highest BCUT2D eigenvalue weighted by Gasteiger charge is 2.11. The smallest absolute Gasteiger partial charge is 0.276 e. The molecule has 2 rings (SSSR count). The van der Waals surface area contributed by atoms with Gasteiger partial charge in [-0.1, -0.05) is 30.3 Å². The van der Waals surface area contributed by atoms with Crippen LogP contribution in [-0.2, 0) is 14.8 Å². The molecule has 0 radical (unpaired) electrons. The number of rotatable bonds is 7. The van der Waals surface area contributed by atoms with Crippen molar-refractivity contribution in [3.63, 3.8) is 0 Å². The van der Waals surface area contributed by atoms with Crippen molar-refractivity contribution in [2.75, 3.05) is 6.61 Å². The Kier molecular flexibility index (Phi) is 5.32. The van der Waals surface area contributed by atoms with Crippen LogP contribution in [0.1, 0.15) is 5.56 Å². The number of benzene rings is 2. The van der Waals surface area contributed by atoms with Crippen molar-refractivity contribution >= 4 is 22.2 Å². The summed E-state index contributed by atoms with van der Waals surface area (Å²) in [6.07, 6.45) is 1.23. The van der Waals surface area contributed by atoms with Gasteiger partial charge < -0.3 is 14.6 Å². The molecule has 0 spiro atoms. The van der Waals surface area contributed by atoms with Crippen LogP contribution in [0.25, 0.3) is 0 Å². The highest BCUT2D eigenvalue weighted by molar-refractivity contribution is 7.89. The number of aliphatic carboxylic acids is 1. The van der Waals surface area contributed by atoms with E-state index in [4.69, 9.17) is 4.74 Å². The Morgan fingerprint density at radius 1 is 1.13 bits per heavy atom. The Hall–Kier alpha value is -2.87. The molecule has 0 bridgehead atoms. The third-order valence-corrected chi connectivity index (χ3v) is 3.93. The molecule has 0 fully saturated rings. The first-order valence-electron chi connectivity index (χ1n) is 6.50. The number of nitrogens with one attached hydrogen (secondary N) is 1. The van der Waals surface area contributed by atoms with Crippen LogP contribution in [0, 0.1) is 0 Å². The van der Waals surface area contributed by atoms with E-state index in [2.05, 4.69) is 9.93 Å². The second kappa shape index (κ2) is 7.41. The molecule has 0 aliphatic rings. The van der Waals surface area contributed by atoms with Crippen LogP contribution >= 0.6 is 0 Å². The number of ether oxygens (including phenoxy) is 1. The maximum Gasteiger partial charge on any atom is 0.276 e. The summed E-state index contributed by atoms with van der Waals surface area (Å²) in [5, 5.41) is 14.1. The minimum absolute atomic E-state index is 0.0821. The van der Waals surface area contributed by atoms with E-state index in [1.54, 1.807) is 36.4 Å². The number of nitrogens with zero attached hydrogens (tertiary/aromatic N) is 1. The van der Waals surface area contributed by atoms with Crippen LogP contribution in [0.5, 0.6) is 5.75 Å². The molecule has 0 saturated carbocycles. The number of hydrogen-bond donors (Lipinski definition) is 1. The Morgan fingerprint density at radius 3 is 2.48 bits per heavy atom. The first kappa shape index (κ1) is 16.5. The molecule has 2 aromatic rings. The molecule has 2 aromatic carbocycles. The minimum Gasteiger partial charge on any atom is -0.546 e. The number of hydrazone groups is 1. The van der Waals surface area contributed by atoms with Gasteiger partial charge in [0.05, 0.1) is 17.1 Å². The van der Waals surface area contributed by atoms with E-state index in [0.717, 1.165) is 0 Å². The second-order valence-corrected chi connectivity index (χ2v) is 6.03. The fraction of sp³-hybridized carbons (Fsp3) is 0.0667. The molecule has 0 heterocycles. The van der Waals surface area contributed by atoms with E-state index in [9.17, 15) is 18.3 Å². The summed E-state index contributed by atoms with van der Waals surface area (Å²) < 4.78 is 29.0. The van der Waals surface area contributed by atoms with Crippen molar-refractivity contribution in [3.05, 3.63) is 60.2 Å². The van der Waals surface area contributed by atoms with Crippen LogP contribution in [0.3, 0.4) is 0 Å². The maximum absolute atomic E-state index is 12.0. The van der Waals surface area contributed by atoms with Gasteiger partial charge in [-0.3, -0.25) is 0 Å². The van der Waals surface area contributed by atoms with Crippen molar-refractivity contribution in [1.29, 1.82) is 0 Å². The summed E-state index contributed by atoms with van der Waals surface area (Å²) in [5.41, 5.74) is 0.421. The number of carboxylic acid groups (broad SMARTS) is 1. The summed E-state index contributed by atoms with van der Waals surface area (Å²) in [4.78, 5) is 12.6. The Balaban J connectivity index is 2.10. The van der Waals surface area contributed by atoms with E-state index in [1.165, 1.54) is 24.4 Å². The molecule has 0 unspecified atom stereocenters. The van der Waals surface area contributed by atoms with Gasteiger partial charge in [0.15, 0.2) is 0 Å². The van der Waals surface area contributed by atoms with Crippen molar-refractivity contribution in [3.8, 4) is 5.75 Å². The van der Waals surface area contributed by atoms with Crippen molar-refractivity contribution in [1.82, 2.24) is 4.83 Å². The summed E-state index contributed by atoms with van der Waals surface area (Å²) >= 11 is 0. The van der Waals surface area contributed by atoms with E-state index in [-0.39, 0.29) is 10.6 Å². The van der Waals surface area contributed by atoms with Gasteiger partial charge in [0.2, 0.25) is 0 Å². The van der Waals surface area contributed by atoms with Gasteiger partial charge in [-0.05, 0) is 24.3 Å². The lowest BCUT2D eigenvalue weighted by Gasteiger charge is -2.09. The number of carbonyl (C=O) groups excluding carboxylic acids is 1. The van der Waals surface area contributed by atoms with Crippen LogP contribution in [0.4, 0.5) is 0 Å². The molecule has 7 nitrogen and oxygen atoms in total. The zero-order valence-corrected chi connectivity index (χ0v) is 12.7. The minimum atomic E-state index is -3.76. The number of carboxylic acids is 1. The fourth-order valence-electron chi connectivity index (χ4n) is 1.67. The van der Waals surface area contributed by atoms with Crippen molar-refractivity contribution < 1.29 is 23.1 Å². The number of sulfonamides is 1. The van der Waals surface area contributed by atoms with Gasteiger partial charge in [0.25, 0.3) is 10.0 Å². The third-order valence-electron chi connectivity index (χ3n) is 2.69. The van der Waals surface area contributed by atoms with Gasteiger partial charge >= 0.3 is 0 Å². The molecule has 0 aliphatic heterocycles. The SMILES string of the molecule is O=C([O-])COc1ccccc1/C=N\NS(=O)(=O)c1ccccc1. The summed E-state index contributed by atoms with van der Waals surface area (Å²) in [6.45, 7) is -0.611. The lowest BCUT2D eigenvalue weighted by atomic mass is 10.2. The molecular formula is C15H13N2O5S-. The quantitative estimate of drug-likeness (QED) is 0.572. The predicted octanol–water partition coefficient (Wildman–Crippen LogP) is 0.128. The second-order valence-electron chi connectivity index (χ2n) is 4.36. The molecular weight excluding hydrogens is 320 g/mol. The first-order valence-corrected chi connectivity index (χ1v) is 7.99. The largest absolute Gasteiger partial charge is 0.546 e. The number of carbonyl (C=O) groups is 1. The monoisotopic (exact) mass is 333 g/mol. The normalized spacial score (nSPS) is 11.3. The zero-order chi connectivity index (χ0) is 16.7. The molecule has 23 heavy (non-hydrogen) atoms. The van der Waals surface area contributed by atoms with Crippen molar-refractivity contribution in [2.45, 2.75) is 4.90 Å². The Labute approximate surface area is 133 Å². The Morgan fingerprint density at radius 2 is 1.78 bits per heavy atom. The molecule has 0 amide bonds. The van der Waals surface area contributed by atoms with Crippen molar-refractivity contribution in [2.24, 2.45) is 5.10 Å². The van der Waals surface area contributed by atoms with Gasteiger partial charge in [0, 0.05) is 5.56 Å². The highest BCUT2D eigenvalue weighted by Crippen LogP contribution is 2.15. The molecule has 1 N–H and O–H groups in total. The van der Waals surface area contributed by atoms with Gasteiger partial charge in [-0.25, -0.2) is 4.83 Å². The van der Waals surface area contributed by atoms with Crippen LogP contribution in [-0.4, -0.2) is 27.2 Å². The lowest BCUT2D eigenvalue weighted by Crippen LogP contribution is -2.29. The first-order chi connectivity index (χ1) is 11.0. The number of para-hydroxylation sites is 1. The molecule has 0 aliphatic carbocycles. The maximum atomic E-state index is 12.0. The average Bonchev–Trinajstić information content (AvgIpc) is 2.54. The highest BCUT2D eigenvalue weighted by atomic mass is 32.2. The summed E-state index contributed by atoms with van der Waals surface area (Å²) in [7, 11) is -3.76. The molecule has 8 heteroatoms. The number of hydrogen-bond acceptors (Lipinski definition) is 6. The molecule has 0 saturated heterocycles. The van der Waals surface area contributed by atoms with E-state index in [1.807, 2.05) is 0 Å². The lowest BCUT2D eigenvalue weighted by molar-refractivity contribution is -0.307. The summed E-state index contributed by atoms with van der Waals surface area (Å²) in [5.74, 6) is -1.11.